The van der Waals surface area contributed by atoms with Crippen LogP contribution < -0.4 is 5.32 Å². The number of halogens is 1. The van der Waals surface area contributed by atoms with Crippen molar-refractivity contribution in [3.63, 3.8) is 0 Å². The number of ether oxygens (including phenoxy) is 1. The van der Waals surface area contributed by atoms with Gasteiger partial charge in [0.05, 0.1) is 19.3 Å². The fraction of sp³-hybridized carbons (Fsp3) is 0.647. The van der Waals surface area contributed by atoms with Gasteiger partial charge in [0.2, 0.25) is 0 Å². The largest absolute Gasteiger partial charge is 0.389 e. The maximum atomic E-state index is 9.94. The van der Waals surface area contributed by atoms with E-state index in [-0.39, 0.29) is 0 Å². The minimum Gasteiger partial charge on any atom is -0.389 e. The van der Waals surface area contributed by atoms with Crippen molar-refractivity contribution in [2.24, 2.45) is 5.41 Å². The average Bonchev–Trinajstić information content (AvgIpc) is 2.44. The Morgan fingerprint density at radius 1 is 1.38 bits per heavy atom. The highest BCUT2D eigenvalue weighted by atomic mass is 35.5. The van der Waals surface area contributed by atoms with Gasteiger partial charge in [-0.15, -0.1) is 0 Å². The lowest BCUT2D eigenvalue weighted by molar-refractivity contribution is 0.0252. The van der Waals surface area contributed by atoms with E-state index in [0.717, 1.165) is 12.1 Å². The minimum atomic E-state index is -0.471. The van der Waals surface area contributed by atoms with E-state index < -0.39 is 6.10 Å². The molecule has 0 bridgehead atoms. The molecule has 4 heteroatoms. The molecule has 2 N–H and O–H groups in total. The predicted octanol–water partition coefficient (Wildman–Crippen LogP) is 3.39. The summed E-state index contributed by atoms with van der Waals surface area (Å²) in [5, 5.41) is 14.0. The van der Waals surface area contributed by atoms with Crippen molar-refractivity contribution in [2.45, 2.75) is 45.3 Å². The van der Waals surface area contributed by atoms with E-state index in [0.29, 0.717) is 30.2 Å². The smallest absolute Gasteiger partial charge is 0.0897 e. The summed E-state index contributed by atoms with van der Waals surface area (Å²) in [6, 6.07) is 7.62. The molecule has 1 unspecified atom stereocenters. The number of rotatable bonds is 9. The Kier molecular flexibility index (Phi) is 6.49. The summed E-state index contributed by atoms with van der Waals surface area (Å²) in [6.07, 6.45) is 4.73. The van der Waals surface area contributed by atoms with Crippen molar-refractivity contribution in [1.29, 1.82) is 0 Å². The first kappa shape index (κ1) is 16.8. The summed E-state index contributed by atoms with van der Waals surface area (Å²) < 4.78 is 5.54. The minimum absolute atomic E-state index is 0.331. The van der Waals surface area contributed by atoms with Crippen molar-refractivity contribution >= 4 is 11.6 Å². The SMILES string of the molecule is CCC1(CNCC(O)COCc2ccccc2Cl)CCC1. The van der Waals surface area contributed by atoms with Gasteiger partial charge in [0.1, 0.15) is 0 Å². The summed E-state index contributed by atoms with van der Waals surface area (Å²) >= 11 is 6.06. The third-order valence-electron chi connectivity index (χ3n) is 4.57. The molecule has 1 saturated carbocycles. The molecule has 3 nitrogen and oxygen atoms in total. The second-order valence-corrected chi connectivity index (χ2v) is 6.51. The van der Waals surface area contributed by atoms with Crippen LogP contribution in [0.25, 0.3) is 0 Å². The van der Waals surface area contributed by atoms with Gasteiger partial charge in [-0.3, -0.25) is 0 Å². The van der Waals surface area contributed by atoms with E-state index in [1.54, 1.807) is 0 Å². The van der Waals surface area contributed by atoms with Gasteiger partial charge in [-0.05, 0) is 36.3 Å². The lowest BCUT2D eigenvalue weighted by Gasteiger charge is -2.41. The zero-order valence-electron chi connectivity index (χ0n) is 12.8. The van der Waals surface area contributed by atoms with E-state index in [4.69, 9.17) is 16.3 Å². The van der Waals surface area contributed by atoms with Crippen LogP contribution in [0.2, 0.25) is 5.02 Å². The summed E-state index contributed by atoms with van der Waals surface area (Å²) in [4.78, 5) is 0. The van der Waals surface area contributed by atoms with Gasteiger partial charge in [-0.2, -0.15) is 0 Å². The number of nitrogens with one attached hydrogen (secondary N) is 1. The molecule has 1 atom stereocenters. The first-order chi connectivity index (χ1) is 10.2. The highest BCUT2D eigenvalue weighted by molar-refractivity contribution is 6.31. The third-order valence-corrected chi connectivity index (χ3v) is 4.94. The molecule has 118 valence electrons. The Hall–Kier alpha value is -0.610. The highest BCUT2D eigenvalue weighted by Crippen LogP contribution is 2.42. The number of aliphatic hydroxyl groups is 1. The number of hydrogen-bond donors (Lipinski definition) is 2. The van der Waals surface area contributed by atoms with Crippen LogP contribution in [-0.4, -0.2) is 30.9 Å². The molecule has 2 rings (SSSR count). The van der Waals surface area contributed by atoms with Gasteiger partial charge in [0.15, 0.2) is 0 Å². The Bertz CT molecular complexity index is 429. The first-order valence-corrected chi connectivity index (χ1v) is 8.23. The molecular formula is C17H26ClNO2. The second kappa shape index (κ2) is 8.14. The number of benzene rings is 1. The van der Waals surface area contributed by atoms with E-state index >= 15 is 0 Å². The number of aliphatic hydroxyl groups excluding tert-OH is 1. The molecule has 1 aliphatic carbocycles. The van der Waals surface area contributed by atoms with Crippen LogP contribution in [0.1, 0.15) is 38.2 Å². The second-order valence-electron chi connectivity index (χ2n) is 6.10. The molecule has 1 aromatic rings. The molecule has 1 aromatic carbocycles. The van der Waals surface area contributed by atoms with Gasteiger partial charge < -0.3 is 15.2 Å². The molecule has 1 fully saturated rings. The predicted molar refractivity (Wildman–Crippen MR) is 86.6 cm³/mol. The molecule has 0 spiro atoms. The van der Waals surface area contributed by atoms with Gasteiger partial charge in [-0.25, -0.2) is 0 Å². The van der Waals surface area contributed by atoms with Crippen LogP contribution in [0.5, 0.6) is 0 Å². The lowest BCUT2D eigenvalue weighted by atomic mass is 9.67. The lowest BCUT2D eigenvalue weighted by Crippen LogP contribution is -2.42. The number of hydrogen-bond acceptors (Lipinski definition) is 3. The normalized spacial score (nSPS) is 18.2. The van der Waals surface area contributed by atoms with Crippen molar-refractivity contribution in [3.05, 3.63) is 34.9 Å². The highest BCUT2D eigenvalue weighted by Gasteiger charge is 2.34. The Labute approximate surface area is 132 Å². The van der Waals surface area contributed by atoms with Crippen LogP contribution in [0.15, 0.2) is 24.3 Å². The maximum Gasteiger partial charge on any atom is 0.0897 e. The maximum absolute atomic E-state index is 9.94. The molecule has 0 aliphatic heterocycles. The van der Waals surface area contributed by atoms with E-state index in [1.807, 2.05) is 24.3 Å². The fourth-order valence-corrected chi connectivity index (χ4v) is 3.01. The van der Waals surface area contributed by atoms with Crippen LogP contribution >= 0.6 is 11.6 Å². The molecule has 21 heavy (non-hydrogen) atoms. The van der Waals surface area contributed by atoms with Crippen molar-refractivity contribution in [1.82, 2.24) is 5.32 Å². The molecule has 0 amide bonds. The Morgan fingerprint density at radius 3 is 2.76 bits per heavy atom. The fourth-order valence-electron chi connectivity index (χ4n) is 2.82. The van der Waals surface area contributed by atoms with E-state index in [1.165, 1.54) is 25.7 Å². The monoisotopic (exact) mass is 311 g/mol. The van der Waals surface area contributed by atoms with Crippen LogP contribution in [0.4, 0.5) is 0 Å². The topological polar surface area (TPSA) is 41.5 Å². The third kappa shape index (κ3) is 4.96. The summed E-state index contributed by atoms with van der Waals surface area (Å²) in [5.74, 6) is 0. The van der Waals surface area contributed by atoms with Crippen molar-refractivity contribution < 1.29 is 9.84 Å². The molecular weight excluding hydrogens is 286 g/mol. The standard InChI is InChI=1S/C17H26ClNO2/c1-2-17(8-5-9-17)13-19-10-15(20)12-21-11-14-6-3-4-7-16(14)18/h3-4,6-7,15,19-20H,2,5,8-13H2,1H3. The average molecular weight is 312 g/mol. The summed E-state index contributed by atoms with van der Waals surface area (Å²) in [5.41, 5.74) is 1.44. The first-order valence-electron chi connectivity index (χ1n) is 7.85. The summed E-state index contributed by atoms with van der Waals surface area (Å²) in [7, 11) is 0. The zero-order valence-corrected chi connectivity index (χ0v) is 13.5. The van der Waals surface area contributed by atoms with Crippen molar-refractivity contribution in [2.75, 3.05) is 19.7 Å². The molecule has 1 aliphatic rings. The Morgan fingerprint density at radius 2 is 2.14 bits per heavy atom. The van der Waals surface area contributed by atoms with Gasteiger partial charge in [0, 0.05) is 18.1 Å². The molecule has 0 aromatic heterocycles. The van der Waals surface area contributed by atoms with Gasteiger partial charge in [-0.1, -0.05) is 43.1 Å². The van der Waals surface area contributed by atoms with Crippen LogP contribution in [-0.2, 0) is 11.3 Å². The van der Waals surface area contributed by atoms with Gasteiger partial charge >= 0.3 is 0 Å². The van der Waals surface area contributed by atoms with Gasteiger partial charge in [0.25, 0.3) is 0 Å². The summed E-state index contributed by atoms with van der Waals surface area (Å²) in [6.45, 7) is 4.62. The molecule has 0 heterocycles. The van der Waals surface area contributed by atoms with Crippen LogP contribution in [0, 0.1) is 5.41 Å². The quantitative estimate of drug-likeness (QED) is 0.734. The van der Waals surface area contributed by atoms with E-state index in [9.17, 15) is 5.11 Å². The molecule has 0 radical (unpaired) electrons. The zero-order chi connectivity index (χ0) is 15.1. The van der Waals surface area contributed by atoms with Crippen molar-refractivity contribution in [3.8, 4) is 0 Å². The Balaban J connectivity index is 1.59. The molecule has 0 saturated heterocycles. The van der Waals surface area contributed by atoms with Crippen LogP contribution in [0.3, 0.4) is 0 Å². The van der Waals surface area contributed by atoms with E-state index in [2.05, 4.69) is 12.2 Å².